The van der Waals surface area contributed by atoms with Crippen LogP contribution in [0.3, 0.4) is 0 Å². The number of hydrogen-bond acceptors (Lipinski definition) is 18. The molecule has 7 rings (SSSR count). The maximum absolute atomic E-state index is 14.4. The third-order valence-electron chi connectivity index (χ3n) is 8.45. The Morgan fingerprint density at radius 2 is 1.20 bits per heavy atom. The van der Waals surface area contributed by atoms with E-state index in [1.807, 2.05) is 19.1 Å². The van der Waals surface area contributed by atoms with Gasteiger partial charge in [0.05, 0.1) is 23.2 Å². The number of anilines is 6. The molecule has 0 saturated heterocycles. The molecule has 0 aliphatic carbocycles. The third kappa shape index (κ3) is 9.89. The molecule has 0 aliphatic rings. The van der Waals surface area contributed by atoms with Crippen molar-refractivity contribution in [3.05, 3.63) is 102 Å². The zero-order chi connectivity index (χ0) is 43.9. The van der Waals surface area contributed by atoms with Gasteiger partial charge in [0.15, 0.2) is 0 Å². The Morgan fingerprint density at radius 3 is 1.85 bits per heavy atom. The molecule has 314 valence electrons. The normalized spacial score (nSPS) is 12.8. The average molecular weight is 911 g/mol. The number of halogens is 2. The van der Waals surface area contributed by atoms with E-state index in [4.69, 9.17) is 11.6 Å². The molecule has 7 aromatic rings. The molecule has 0 bridgehead atoms. The highest BCUT2D eigenvalue weighted by Crippen LogP contribution is 2.39. The number of azo groups is 1. The predicted octanol–water partition coefficient (Wildman–Crippen LogP) is 6.98. The monoisotopic (exact) mass is 910 g/mol. The second-order valence-electron chi connectivity index (χ2n) is 12.9. The summed E-state index contributed by atoms with van der Waals surface area (Å²) in [7, 11) is -14.8. The second kappa shape index (κ2) is 16.4. The number of nitrogens with zero attached hydrogens (tertiary/aromatic N) is 8. The summed E-state index contributed by atoms with van der Waals surface area (Å²) in [6.45, 7) is 3.52. The summed E-state index contributed by atoms with van der Waals surface area (Å²) in [5.74, 6) is -0.546. The van der Waals surface area contributed by atoms with Gasteiger partial charge in [0.2, 0.25) is 29.1 Å². The molecule has 26 heteroatoms. The van der Waals surface area contributed by atoms with Crippen LogP contribution in [0.4, 0.5) is 50.9 Å². The third-order valence-corrected chi connectivity index (χ3v) is 11.3. The first-order valence-electron chi connectivity index (χ1n) is 17.1. The Hall–Kier alpha value is -6.61. The van der Waals surface area contributed by atoms with E-state index < -0.39 is 57.3 Å². The van der Waals surface area contributed by atoms with Gasteiger partial charge in [-0.05, 0) is 74.0 Å². The molecule has 2 aromatic heterocycles. The first kappa shape index (κ1) is 42.5. The van der Waals surface area contributed by atoms with Gasteiger partial charge in [-0.25, -0.2) is 0 Å². The van der Waals surface area contributed by atoms with Crippen LogP contribution in [-0.2, 0) is 30.4 Å². The van der Waals surface area contributed by atoms with E-state index in [-0.39, 0.29) is 67.7 Å². The standard InChI is InChI=1S/C35H28ClFN12O9S3/c1-17-9-11-19(12-10-17)40-34-45-31(37)44-33(47-34)39-18(2)38-32-42-30(36)43-35(46-32)41-25-14-13-24(22-6-4-8-27(29(22)25)60(53,54)55)49-48-20-15-23-21(28(16-20)61(56,57)58)5-3-7-26(23)59(50,51)52/h3-16,18H,1-2H3,(H,50,51,52)(H,53,54,55)(H,56,57,58)(H2,38,41,42,43,46)(H2,39,40,44,45,47). The van der Waals surface area contributed by atoms with Crippen molar-refractivity contribution < 1.29 is 43.3 Å². The van der Waals surface area contributed by atoms with Crippen LogP contribution in [0.5, 0.6) is 0 Å². The van der Waals surface area contributed by atoms with Crippen LogP contribution in [-0.4, -0.2) is 75.0 Å². The van der Waals surface area contributed by atoms with Crippen LogP contribution in [0.2, 0.25) is 5.28 Å². The summed E-state index contributed by atoms with van der Waals surface area (Å²) in [5, 5.41) is 18.7. The van der Waals surface area contributed by atoms with E-state index in [0.29, 0.717) is 5.69 Å². The van der Waals surface area contributed by atoms with Crippen molar-refractivity contribution in [3.63, 3.8) is 0 Å². The molecule has 5 aromatic carbocycles. The lowest BCUT2D eigenvalue weighted by Gasteiger charge is -2.17. The van der Waals surface area contributed by atoms with Crippen molar-refractivity contribution in [1.82, 2.24) is 29.9 Å². The Labute approximate surface area is 349 Å². The summed E-state index contributed by atoms with van der Waals surface area (Å²) >= 11 is 6.23. The van der Waals surface area contributed by atoms with Crippen LogP contribution in [0.15, 0.2) is 110 Å². The Morgan fingerprint density at radius 1 is 0.623 bits per heavy atom. The minimum Gasteiger partial charge on any atom is -0.334 e. The molecule has 0 aliphatic heterocycles. The summed E-state index contributed by atoms with van der Waals surface area (Å²) < 4.78 is 118. The molecule has 2 heterocycles. The molecule has 0 fully saturated rings. The zero-order valence-electron chi connectivity index (χ0n) is 31.0. The van der Waals surface area contributed by atoms with Gasteiger partial charge in [0, 0.05) is 27.2 Å². The summed E-state index contributed by atoms with van der Waals surface area (Å²) in [6.07, 6.45) is -1.83. The number of hydrogen-bond donors (Lipinski definition) is 7. The lowest BCUT2D eigenvalue weighted by Crippen LogP contribution is -2.27. The highest BCUT2D eigenvalue weighted by molar-refractivity contribution is 7.86. The quantitative estimate of drug-likeness (QED) is 0.0348. The minimum atomic E-state index is -4.97. The Balaban J connectivity index is 1.20. The highest BCUT2D eigenvalue weighted by Gasteiger charge is 2.23. The van der Waals surface area contributed by atoms with Gasteiger partial charge >= 0.3 is 6.08 Å². The second-order valence-corrected chi connectivity index (χ2v) is 17.4. The van der Waals surface area contributed by atoms with E-state index in [0.717, 1.165) is 29.8 Å². The molecule has 0 radical (unpaired) electrons. The fraction of sp³-hybridized carbons (Fsp3) is 0.0857. The van der Waals surface area contributed by atoms with Crippen LogP contribution in [0, 0.1) is 13.0 Å². The molecule has 21 nitrogen and oxygen atoms in total. The SMILES string of the molecule is Cc1ccc(Nc2nc(F)nc(NC(C)Nc3nc(Cl)nc(Nc4ccc(N=Nc5cc(S(=O)(=O)O)c6cccc(S(=O)(=O)O)c6c5)c5cccc(S(=O)(=O)O)c45)n3)n2)cc1. The van der Waals surface area contributed by atoms with E-state index >= 15 is 0 Å². The first-order valence-corrected chi connectivity index (χ1v) is 21.8. The van der Waals surface area contributed by atoms with E-state index in [9.17, 15) is 43.3 Å². The van der Waals surface area contributed by atoms with Crippen molar-refractivity contribution in [2.24, 2.45) is 10.2 Å². The number of rotatable bonds is 13. The number of benzene rings is 5. The molecular weight excluding hydrogens is 883 g/mol. The fourth-order valence-corrected chi connectivity index (χ4v) is 8.24. The Kier molecular flexibility index (Phi) is 11.5. The van der Waals surface area contributed by atoms with Gasteiger partial charge < -0.3 is 21.3 Å². The predicted molar refractivity (Wildman–Crippen MR) is 221 cm³/mol. The van der Waals surface area contributed by atoms with Gasteiger partial charge in [0.25, 0.3) is 30.4 Å². The van der Waals surface area contributed by atoms with Crippen molar-refractivity contribution in [1.29, 1.82) is 0 Å². The van der Waals surface area contributed by atoms with Crippen LogP contribution < -0.4 is 21.3 Å². The lowest BCUT2D eigenvalue weighted by molar-refractivity contribution is 0.481. The van der Waals surface area contributed by atoms with Gasteiger partial charge in [-0.3, -0.25) is 13.7 Å². The molecule has 1 atom stereocenters. The number of fused-ring (bicyclic) bond motifs is 2. The maximum Gasteiger partial charge on any atom is 0.315 e. The largest absolute Gasteiger partial charge is 0.334 e. The van der Waals surface area contributed by atoms with Gasteiger partial charge in [-0.15, -0.1) is 5.11 Å². The van der Waals surface area contributed by atoms with Crippen LogP contribution in [0.25, 0.3) is 21.5 Å². The summed E-state index contributed by atoms with van der Waals surface area (Å²) in [6, 6.07) is 19.2. The van der Waals surface area contributed by atoms with Crippen molar-refractivity contribution in [2.75, 3.05) is 21.3 Å². The molecule has 7 N–H and O–H groups in total. The van der Waals surface area contributed by atoms with Crippen LogP contribution >= 0.6 is 11.6 Å². The summed E-state index contributed by atoms with van der Waals surface area (Å²) in [4.78, 5) is 21.9. The Bertz CT molecular complexity index is 3260. The number of aromatic nitrogens is 6. The van der Waals surface area contributed by atoms with Crippen molar-refractivity contribution in [3.8, 4) is 0 Å². The average Bonchev–Trinajstić information content (AvgIpc) is 3.16. The fourth-order valence-electron chi connectivity index (χ4n) is 5.93. The van der Waals surface area contributed by atoms with Crippen molar-refractivity contribution in [2.45, 2.75) is 34.7 Å². The van der Waals surface area contributed by atoms with Crippen LogP contribution in [0.1, 0.15) is 12.5 Å². The van der Waals surface area contributed by atoms with Gasteiger partial charge in [-0.2, -0.15) is 64.7 Å². The van der Waals surface area contributed by atoms with Crippen molar-refractivity contribution >= 4 is 110 Å². The zero-order valence-corrected chi connectivity index (χ0v) is 34.2. The molecule has 0 amide bonds. The summed E-state index contributed by atoms with van der Waals surface area (Å²) in [5.41, 5.74) is 1.31. The molecule has 61 heavy (non-hydrogen) atoms. The lowest BCUT2D eigenvalue weighted by atomic mass is 10.1. The minimum absolute atomic E-state index is 0.00740. The van der Waals surface area contributed by atoms with E-state index in [1.165, 1.54) is 36.4 Å². The molecular formula is C35H28ClFN12O9S3. The smallest absolute Gasteiger partial charge is 0.315 e. The van der Waals surface area contributed by atoms with E-state index in [2.05, 4.69) is 61.4 Å². The number of aryl methyl sites for hydroxylation is 1. The molecule has 0 spiro atoms. The molecule has 0 saturated carbocycles. The topological polar surface area (TPSA) is 313 Å². The highest BCUT2D eigenvalue weighted by atomic mass is 35.5. The maximum atomic E-state index is 14.4. The van der Waals surface area contributed by atoms with Gasteiger partial charge in [-0.1, -0.05) is 42.0 Å². The van der Waals surface area contributed by atoms with E-state index in [1.54, 1.807) is 19.1 Å². The van der Waals surface area contributed by atoms with Gasteiger partial charge in [0.1, 0.15) is 14.7 Å². The first-order chi connectivity index (χ1) is 28.7. The number of nitrogens with one attached hydrogen (secondary N) is 4. The molecule has 1 unspecified atom stereocenters.